The van der Waals surface area contributed by atoms with Crippen LogP contribution in [0.3, 0.4) is 0 Å². The molecule has 0 aliphatic heterocycles. The second-order valence-electron chi connectivity index (χ2n) is 7.74. The van der Waals surface area contributed by atoms with Crippen molar-refractivity contribution in [2.75, 3.05) is 34.2 Å². The molecule has 0 unspecified atom stereocenters. The van der Waals surface area contributed by atoms with E-state index in [4.69, 9.17) is 4.74 Å². The summed E-state index contributed by atoms with van der Waals surface area (Å²) >= 11 is 0. The number of benzene rings is 1. The molecular weight excluding hydrogens is 330 g/mol. The van der Waals surface area contributed by atoms with Crippen LogP contribution in [-0.4, -0.2) is 67.7 Å². The van der Waals surface area contributed by atoms with Crippen molar-refractivity contribution in [3.05, 3.63) is 35.9 Å². The molecule has 0 saturated heterocycles. The van der Waals surface area contributed by atoms with E-state index in [1.807, 2.05) is 65.2 Å². The summed E-state index contributed by atoms with van der Waals surface area (Å²) < 4.78 is 5.43. The number of carbonyl (C=O) groups is 2. The molecule has 1 aromatic rings. The Morgan fingerprint density at radius 3 is 2.27 bits per heavy atom. The van der Waals surface area contributed by atoms with E-state index in [0.29, 0.717) is 13.0 Å². The first kappa shape index (κ1) is 22.0. The van der Waals surface area contributed by atoms with Crippen molar-refractivity contribution in [3.63, 3.8) is 0 Å². The molecule has 0 fully saturated rings. The van der Waals surface area contributed by atoms with Gasteiger partial charge in [0.25, 0.3) is 0 Å². The number of nitrogens with one attached hydrogen (secondary N) is 1. The van der Waals surface area contributed by atoms with Crippen LogP contribution in [0.15, 0.2) is 30.3 Å². The van der Waals surface area contributed by atoms with Gasteiger partial charge in [0.15, 0.2) is 0 Å². The van der Waals surface area contributed by atoms with Crippen LogP contribution < -0.4 is 5.32 Å². The number of hydrogen-bond donors (Lipinski definition) is 1. The largest absolute Gasteiger partial charge is 0.444 e. The molecule has 0 spiro atoms. The van der Waals surface area contributed by atoms with Gasteiger partial charge < -0.3 is 15.0 Å². The molecule has 1 atom stereocenters. The summed E-state index contributed by atoms with van der Waals surface area (Å²) in [5.41, 5.74) is 0.390. The minimum absolute atomic E-state index is 0.166. The monoisotopic (exact) mass is 363 g/mol. The Balaban J connectivity index is 2.80. The van der Waals surface area contributed by atoms with Crippen molar-refractivity contribution in [1.29, 1.82) is 0 Å². The number of likely N-dealkylation sites (N-methyl/N-ethyl adjacent to an activating group) is 1. The maximum absolute atomic E-state index is 12.7. The van der Waals surface area contributed by atoms with Gasteiger partial charge in [-0.1, -0.05) is 30.3 Å². The van der Waals surface area contributed by atoms with Gasteiger partial charge in [-0.25, -0.2) is 4.79 Å². The molecule has 146 valence electrons. The molecule has 0 aliphatic carbocycles. The standard InChI is InChI=1S/C20H33N3O3/c1-20(2,3)26-19(25)23(6)17(15-16-11-8-7-9-12-16)18(24)21-13-10-14-22(4)5/h7-9,11-12,17H,10,13-15H2,1-6H3,(H,21,24)/t17-/m0/s1. The average molecular weight is 364 g/mol. The fourth-order valence-electron chi connectivity index (χ4n) is 2.43. The van der Waals surface area contributed by atoms with Gasteiger partial charge in [-0.2, -0.15) is 0 Å². The smallest absolute Gasteiger partial charge is 0.410 e. The Hall–Kier alpha value is -2.08. The van der Waals surface area contributed by atoms with E-state index in [2.05, 4.69) is 10.2 Å². The van der Waals surface area contributed by atoms with Crippen molar-refractivity contribution < 1.29 is 14.3 Å². The fraction of sp³-hybridized carbons (Fsp3) is 0.600. The molecule has 0 aromatic heterocycles. The zero-order valence-electron chi connectivity index (χ0n) is 16.9. The van der Waals surface area contributed by atoms with Gasteiger partial charge in [0.1, 0.15) is 11.6 Å². The molecular formula is C20H33N3O3. The number of rotatable bonds is 8. The maximum atomic E-state index is 12.7. The van der Waals surface area contributed by atoms with Crippen LogP contribution in [0.25, 0.3) is 0 Å². The van der Waals surface area contributed by atoms with Crippen LogP contribution in [0.1, 0.15) is 32.8 Å². The van der Waals surface area contributed by atoms with E-state index in [1.165, 1.54) is 4.90 Å². The topological polar surface area (TPSA) is 61.9 Å². The second-order valence-corrected chi connectivity index (χ2v) is 7.74. The lowest BCUT2D eigenvalue weighted by Gasteiger charge is -2.30. The van der Waals surface area contributed by atoms with E-state index in [1.54, 1.807) is 7.05 Å². The molecule has 1 aromatic carbocycles. The van der Waals surface area contributed by atoms with Gasteiger partial charge in [0.05, 0.1) is 0 Å². The zero-order valence-corrected chi connectivity index (χ0v) is 16.9. The lowest BCUT2D eigenvalue weighted by molar-refractivity contribution is -0.126. The van der Waals surface area contributed by atoms with Crippen LogP contribution in [0.2, 0.25) is 0 Å². The molecule has 1 N–H and O–H groups in total. The molecule has 26 heavy (non-hydrogen) atoms. The van der Waals surface area contributed by atoms with E-state index < -0.39 is 17.7 Å². The van der Waals surface area contributed by atoms with Crippen LogP contribution in [0.4, 0.5) is 4.79 Å². The minimum atomic E-state index is -0.619. The van der Waals surface area contributed by atoms with Crippen LogP contribution in [0, 0.1) is 0 Å². The third-order valence-corrected chi connectivity index (χ3v) is 3.80. The van der Waals surface area contributed by atoms with Crippen molar-refractivity contribution in [2.45, 2.75) is 45.3 Å². The third kappa shape index (κ3) is 8.34. The highest BCUT2D eigenvalue weighted by Gasteiger charge is 2.30. The lowest BCUT2D eigenvalue weighted by atomic mass is 10.0. The van der Waals surface area contributed by atoms with Crippen molar-refractivity contribution in [2.24, 2.45) is 0 Å². The highest BCUT2D eigenvalue weighted by atomic mass is 16.6. The first-order chi connectivity index (χ1) is 12.1. The Morgan fingerprint density at radius 2 is 1.73 bits per heavy atom. The summed E-state index contributed by atoms with van der Waals surface area (Å²) in [6.45, 7) is 6.90. The van der Waals surface area contributed by atoms with Gasteiger partial charge in [-0.3, -0.25) is 9.69 Å². The molecule has 0 aliphatic rings. The Morgan fingerprint density at radius 1 is 1.12 bits per heavy atom. The molecule has 0 saturated carbocycles. The summed E-state index contributed by atoms with van der Waals surface area (Å²) in [6.07, 6.45) is 0.796. The summed E-state index contributed by atoms with van der Waals surface area (Å²) in [6, 6.07) is 9.07. The third-order valence-electron chi connectivity index (χ3n) is 3.80. The molecule has 1 rings (SSSR count). The van der Waals surface area contributed by atoms with E-state index in [0.717, 1.165) is 18.5 Å². The maximum Gasteiger partial charge on any atom is 0.410 e. The predicted octanol–water partition coefficient (Wildman–Crippen LogP) is 2.53. The Kier molecular flexibility index (Phi) is 8.58. The molecule has 0 heterocycles. The molecule has 2 amide bonds. The minimum Gasteiger partial charge on any atom is -0.444 e. The van der Waals surface area contributed by atoms with Crippen LogP contribution in [-0.2, 0) is 16.0 Å². The Bertz CT molecular complexity index is 567. The quantitative estimate of drug-likeness (QED) is 0.721. The summed E-state index contributed by atoms with van der Waals surface area (Å²) in [4.78, 5) is 28.6. The van der Waals surface area contributed by atoms with Gasteiger partial charge in [0.2, 0.25) is 5.91 Å². The molecule has 0 radical (unpaired) electrons. The van der Waals surface area contributed by atoms with E-state index in [-0.39, 0.29) is 5.91 Å². The van der Waals surface area contributed by atoms with Gasteiger partial charge in [-0.05, 0) is 53.4 Å². The molecule has 6 nitrogen and oxygen atoms in total. The number of carbonyl (C=O) groups excluding carboxylic acids is 2. The van der Waals surface area contributed by atoms with Crippen molar-refractivity contribution >= 4 is 12.0 Å². The Labute approximate surface area is 157 Å². The first-order valence-corrected chi connectivity index (χ1v) is 9.02. The summed E-state index contributed by atoms with van der Waals surface area (Å²) in [7, 11) is 5.60. The number of nitrogens with zero attached hydrogens (tertiary/aromatic N) is 2. The summed E-state index contributed by atoms with van der Waals surface area (Å²) in [5.74, 6) is -0.166. The highest BCUT2D eigenvalue weighted by Crippen LogP contribution is 2.14. The predicted molar refractivity (Wildman–Crippen MR) is 104 cm³/mol. The van der Waals surface area contributed by atoms with E-state index in [9.17, 15) is 9.59 Å². The number of ether oxygens (including phenoxy) is 1. The number of hydrogen-bond acceptors (Lipinski definition) is 4. The highest BCUT2D eigenvalue weighted by molar-refractivity contribution is 5.85. The van der Waals surface area contributed by atoms with Crippen molar-refractivity contribution in [3.8, 4) is 0 Å². The van der Waals surface area contributed by atoms with Gasteiger partial charge in [-0.15, -0.1) is 0 Å². The van der Waals surface area contributed by atoms with Gasteiger partial charge >= 0.3 is 6.09 Å². The normalized spacial score (nSPS) is 12.6. The second kappa shape index (κ2) is 10.2. The lowest BCUT2D eigenvalue weighted by Crippen LogP contribution is -2.50. The van der Waals surface area contributed by atoms with Crippen molar-refractivity contribution in [1.82, 2.24) is 15.1 Å². The van der Waals surface area contributed by atoms with Crippen LogP contribution in [0.5, 0.6) is 0 Å². The summed E-state index contributed by atoms with van der Waals surface area (Å²) in [5, 5.41) is 2.94. The van der Waals surface area contributed by atoms with Gasteiger partial charge in [0, 0.05) is 20.0 Å². The molecule has 6 heteroatoms. The van der Waals surface area contributed by atoms with E-state index >= 15 is 0 Å². The average Bonchev–Trinajstić information content (AvgIpc) is 2.55. The van der Waals surface area contributed by atoms with Crippen LogP contribution >= 0.6 is 0 Å². The molecule has 0 bridgehead atoms. The zero-order chi connectivity index (χ0) is 19.7. The first-order valence-electron chi connectivity index (χ1n) is 9.02. The number of amides is 2. The fourth-order valence-corrected chi connectivity index (χ4v) is 2.43. The SMILES string of the molecule is CN(C)CCCNC(=O)[C@H](Cc1ccccc1)N(C)C(=O)OC(C)(C)C.